The molecule has 0 aromatic rings. The highest BCUT2D eigenvalue weighted by molar-refractivity contribution is 7.47. The van der Waals surface area contributed by atoms with E-state index in [-0.39, 0.29) is 43.8 Å². The highest BCUT2D eigenvalue weighted by Gasteiger charge is 2.40. The van der Waals surface area contributed by atoms with Gasteiger partial charge in [-0.2, -0.15) is 0 Å². The van der Waals surface area contributed by atoms with Gasteiger partial charge in [-0.3, -0.25) is 18.1 Å². The Morgan fingerprint density at radius 2 is 1.31 bits per heavy atom. The number of hydrogen-bond donors (Lipinski definition) is 2. The second-order valence-corrected chi connectivity index (χ2v) is 13.2. The van der Waals surface area contributed by atoms with Gasteiger partial charge in [-0.15, -0.1) is 0 Å². The van der Waals surface area contributed by atoms with Crippen LogP contribution in [0, 0.1) is 5.92 Å². The average Bonchev–Trinajstić information content (AvgIpc) is 2.77. The van der Waals surface area contributed by atoms with Crippen LogP contribution in [-0.2, 0) is 41.4 Å². The van der Waals surface area contributed by atoms with Crippen LogP contribution in [-0.4, -0.2) is 96.9 Å². The van der Waals surface area contributed by atoms with Crippen molar-refractivity contribution in [2.75, 3.05) is 33.0 Å². The van der Waals surface area contributed by atoms with E-state index in [1.54, 1.807) is 0 Å². The number of phosphoric ester groups is 2. The lowest BCUT2D eigenvalue weighted by Gasteiger charge is -2.37. The molecule has 16 heteroatoms. The van der Waals surface area contributed by atoms with E-state index in [4.69, 9.17) is 33.7 Å². The lowest BCUT2D eigenvalue weighted by atomic mass is 9.77. The lowest BCUT2D eigenvalue weighted by molar-refractivity contribution is -0.101. The number of hydrogen-bond acceptors (Lipinski definition) is 9. The van der Waals surface area contributed by atoms with Crippen molar-refractivity contribution in [2.24, 2.45) is 5.92 Å². The third kappa shape index (κ3) is 9.52. The van der Waals surface area contributed by atoms with E-state index in [1.807, 2.05) is 22.6 Å². The van der Waals surface area contributed by atoms with E-state index in [1.165, 1.54) is 0 Å². The van der Waals surface area contributed by atoms with Crippen molar-refractivity contribution in [2.45, 2.75) is 81.1 Å². The Hall–Kier alpha value is 0.295. The van der Waals surface area contributed by atoms with Crippen LogP contribution in [0.15, 0.2) is 0 Å². The minimum Gasteiger partial charge on any atom is -0.376 e. The van der Waals surface area contributed by atoms with Gasteiger partial charge in [-0.05, 0) is 43.1 Å². The first-order valence-electron chi connectivity index (χ1n) is 13.0. The third-order valence-corrected chi connectivity index (χ3v) is 8.66. The van der Waals surface area contributed by atoms with Gasteiger partial charge in [0.2, 0.25) is 0 Å². The predicted molar refractivity (Wildman–Crippen MR) is 136 cm³/mol. The van der Waals surface area contributed by atoms with Gasteiger partial charge < -0.3 is 24.0 Å². The molecule has 3 saturated heterocycles. The second kappa shape index (κ2) is 12.9. The van der Waals surface area contributed by atoms with Crippen LogP contribution < -0.4 is 0 Å². The van der Waals surface area contributed by atoms with E-state index in [2.05, 4.69) is 7.85 Å². The predicted octanol–water partition coefficient (Wildman–Crippen LogP) is 0.278. The van der Waals surface area contributed by atoms with Gasteiger partial charge in [0.15, 0.2) is 0 Å². The fourth-order valence-electron chi connectivity index (χ4n) is 4.66. The molecular weight excluding hydrogens is 499 g/mol. The van der Waals surface area contributed by atoms with E-state index >= 15 is 0 Å². The van der Waals surface area contributed by atoms with E-state index in [0.29, 0.717) is 38.5 Å². The molecule has 0 amide bonds. The minimum atomic E-state index is -4.52. The van der Waals surface area contributed by atoms with Gasteiger partial charge in [0.25, 0.3) is 0 Å². The number of phosphoric acid groups is 2. The highest BCUT2D eigenvalue weighted by Crippen LogP contribution is 2.50. The van der Waals surface area contributed by atoms with Gasteiger partial charge in [-0.25, -0.2) is 9.13 Å². The Balaban J connectivity index is 1.53. The van der Waals surface area contributed by atoms with E-state index in [9.17, 15) is 18.9 Å². The fraction of sp³-hybridized carbons (Fsp3) is 1.00. The fourth-order valence-corrected chi connectivity index (χ4v) is 6.58. The van der Waals surface area contributed by atoms with Crippen molar-refractivity contribution < 1.29 is 52.6 Å². The van der Waals surface area contributed by atoms with Crippen LogP contribution in [0.4, 0.5) is 0 Å². The molecule has 11 atom stereocenters. The van der Waals surface area contributed by atoms with Crippen LogP contribution in [0.2, 0.25) is 17.5 Å². The quantitative estimate of drug-likeness (QED) is 0.293. The Labute approximate surface area is 212 Å². The molecule has 11 nitrogen and oxygen atoms in total. The van der Waals surface area contributed by atoms with Crippen molar-refractivity contribution in [1.29, 1.82) is 0 Å². The molecule has 35 heavy (non-hydrogen) atoms. The molecule has 0 aliphatic carbocycles. The zero-order valence-corrected chi connectivity index (χ0v) is 22.8. The molecule has 0 aromatic carbocycles. The largest absolute Gasteiger partial charge is 0.472 e. The normalized spacial score (nSPS) is 42.5. The summed E-state index contributed by atoms with van der Waals surface area (Å²) in [5.41, 5.74) is 0. The maximum atomic E-state index is 12.7. The first-order chi connectivity index (χ1) is 16.9. The topological polar surface area (TPSA) is 139 Å². The molecule has 11 unspecified atom stereocenters. The van der Waals surface area contributed by atoms with Crippen molar-refractivity contribution in [3.8, 4) is 0 Å². The second-order valence-electron chi connectivity index (χ2n) is 10.4. The molecule has 0 radical (unpaired) electrons. The lowest BCUT2D eigenvalue weighted by Crippen LogP contribution is -2.41. The summed E-state index contributed by atoms with van der Waals surface area (Å²) in [7, 11) is -3.06. The zero-order chi connectivity index (χ0) is 26.5. The number of ether oxygens (including phenoxy) is 3. The third-order valence-electron chi connectivity index (χ3n) is 6.63. The molecule has 3 aliphatic rings. The summed E-state index contributed by atoms with van der Waals surface area (Å²) in [6.45, 7) is 2.80. The van der Waals surface area contributed by atoms with E-state index in [0.717, 1.165) is 6.42 Å². The smallest absolute Gasteiger partial charge is 0.376 e. The van der Waals surface area contributed by atoms with Crippen molar-refractivity contribution in [3.05, 3.63) is 0 Å². The van der Waals surface area contributed by atoms with Crippen LogP contribution in [0.5, 0.6) is 0 Å². The van der Waals surface area contributed by atoms with Crippen LogP contribution in [0.1, 0.15) is 34.5 Å². The summed E-state index contributed by atoms with van der Waals surface area (Å²) in [6.07, 6.45) is -1.67. The number of rotatable bonds is 10. The standard InChI is InChI=1S/C19H39B3O11P2/c1-11-3-13(20)7-28-18(11)9-30-35(25,26)33-17-5-15(22)8-29-19(17)10-31-34(23,24)32-16-4-14(21)6-27-12(16)2/h11-19H,3-10,20-22H2,1-2H3,(H,23,24)(H,25,26)/i2D. The van der Waals surface area contributed by atoms with Crippen LogP contribution in [0.3, 0.4) is 0 Å². The molecule has 3 aliphatic heterocycles. The Bertz CT molecular complexity index is 802. The molecule has 0 spiro atoms. The van der Waals surface area contributed by atoms with Crippen molar-refractivity contribution in [3.63, 3.8) is 0 Å². The van der Waals surface area contributed by atoms with E-state index < -0.39 is 40.1 Å². The van der Waals surface area contributed by atoms with Gasteiger partial charge in [0.1, 0.15) is 29.6 Å². The monoisotopic (exact) mass is 539 g/mol. The summed E-state index contributed by atoms with van der Waals surface area (Å²) in [6, 6.07) is 0. The maximum Gasteiger partial charge on any atom is 0.472 e. The molecule has 0 aromatic heterocycles. The summed E-state index contributed by atoms with van der Waals surface area (Å²) >= 11 is 0. The van der Waals surface area contributed by atoms with Gasteiger partial charge in [0, 0.05) is 21.2 Å². The molecule has 0 bridgehead atoms. The average molecular weight is 539 g/mol. The maximum absolute atomic E-state index is 12.7. The molecule has 200 valence electrons. The SMILES string of the molecule is [2H]CC1OCC(B)CC1OP(=O)(O)OCC1OCC(B)CC1OP(=O)(O)OCC1OCC(B)CC1C. The Kier molecular flexibility index (Phi) is 10.4. The van der Waals surface area contributed by atoms with Crippen LogP contribution in [0.25, 0.3) is 0 Å². The first-order valence-corrected chi connectivity index (χ1v) is 15.3. The summed E-state index contributed by atoms with van der Waals surface area (Å²) in [5, 5.41) is 0. The molecule has 3 heterocycles. The first kappa shape index (κ1) is 28.3. The Morgan fingerprint density at radius 1 is 0.829 bits per heavy atom. The molecule has 3 fully saturated rings. The van der Waals surface area contributed by atoms with Gasteiger partial charge >= 0.3 is 15.6 Å². The molecule has 3 rings (SSSR count). The summed E-state index contributed by atoms with van der Waals surface area (Å²) in [5.74, 6) is 0.750. The highest BCUT2D eigenvalue weighted by atomic mass is 31.2. The zero-order valence-electron chi connectivity index (χ0n) is 22.0. The molecular formula is C19H39B3O11P2. The van der Waals surface area contributed by atoms with Gasteiger partial charge in [0.05, 0.1) is 37.6 Å². The van der Waals surface area contributed by atoms with Crippen molar-refractivity contribution in [1.82, 2.24) is 0 Å². The summed E-state index contributed by atoms with van der Waals surface area (Å²) in [4.78, 5) is 20.7. The Morgan fingerprint density at radius 3 is 1.91 bits per heavy atom. The molecule has 0 saturated carbocycles. The van der Waals surface area contributed by atoms with Crippen molar-refractivity contribution >= 4 is 39.2 Å². The molecule has 2 N–H and O–H groups in total. The summed E-state index contributed by atoms with van der Waals surface area (Å²) < 4.78 is 71.1. The minimum absolute atomic E-state index is 0.0327. The van der Waals surface area contributed by atoms with Crippen LogP contribution >= 0.6 is 15.6 Å². The van der Waals surface area contributed by atoms with Gasteiger partial charge in [-0.1, -0.05) is 13.3 Å².